The number of halogens is 4. The standard InChI is InChI=1S/C22H22BrClF2N2O2/c23-14-10-11-19(18(26)12-14)28(20(29)13-24)21(16-8-4-5-9-17(16)25)22(30)27-15-6-2-1-3-7-15/h4-5,8-12,15,21H,1-3,6-7,13H2,(H,27,30)/t21-/m0/s1. The first-order chi connectivity index (χ1) is 14.4. The zero-order valence-corrected chi connectivity index (χ0v) is 18.6. The molecular weight excluding hydrogens is 478 g/mol. The molecule has 0 aliphatic heterocycles. The van der Waals surface area contributed by atoms with Gasteiger partial charge in [0.15, 0.2) is 0 Å². The van der Waals surface area contributed by atoms with Gasteiger partial charge in [-0.1, -0.05) is 53.4 Å². The molecule has 0 radical (unpaired) electrons. The van der Waals surface area contributed by atoms with Crippen molar-refractivity contribution in [1.29, 1.82) is 0 Å². The van der Waals surface area contributed by atoms with E-state index in [0.717, 1.165) is 37.0 Å². The van der Waals surface area contributed by atoms with Crippen molar-refractivity contribution in [3.63, 3.8) is 0 Å². The topological polar surface area (TPSA) is 49.4 Å². The highest BCUT2D eigenvalue weighted by Gasteiger charge is 2.36. The molecule has 0 unspecified atom stereocenters. The molecule has 2 amide bonds. The Labute approximate surface area is 187 Å². The number of nitrogens with one attached hydrogen (secondary N) is 1. The summed E-state index contributed by atoms with van der Waals surface area (Å²) in [6.45, 7) is 0. The average Bonchev–Trinajstić information content (AvgIpc) is 2.73. The Morgan fingerprint density at radius 2 is 1.80 bits per heavy atom. The normalized spacial score (nSPS) is 15.5. The van der Waals surface area contributed by atoms with Crippen molar-refractivity contribution in [3.05, 3.63) is 64.1 Å². The third kappa shape index (κ3) is 5.19. The minimum Gasteiger partial charge on any atom is -0.351 e. The van der Waals surface area contributed by atoms with Gasteiger partial charge in [-0.25, -0.2) is 8.78 Å². The quantitative estimate of drug-likeness (QED) is 0.534. The van der Waals surface area contributed by atoms with Gasteiger partial charge >= 0.3 is 0 Å². The van der Waals surface area contributed by atoms with Crippen LogP contribution in [-0.2, 0) is 9.59 Å². The lowest BCUT2D eigenvalue weighted by atomic mass is 9.94. The number of carbonyl (C=O) groups excluding carboxylic acids is 2. The molecule has 1 N–H and O–H groups in total. The predicted octanol–water partition coefficient (Wildman–Crippen LogP) is 5.49. The zero-order chi connectivity index (χ0) is 21.7. The van der Waals surface area contributed by atoms with Gasteiger partial charge in [-0.2, -0.15) is 0 Å². The highest BCUT2D eigenvalue weighted by molar-refractivity contribution is 9.10. The maximum Gasteiger partial charge on any atom is 0.248 e. The SMILES string of the molecule is O=C(NC1CCCCC1)[C@H](c1ccccc1F)N(C(=O)CCl)c1ccc(Br)cc1F. The van der Waals surface area contributed by atoms with E-state index in [2.05, 4.69) is 21.2 Å². The molecule has 2 aromatic carbocycles. The number of rotatable bonds is 6. The molecule has 0 bridgehead atoms. The summed E-state index contributed by atoms with van der Waals surface area (Å²) in [6, 6.07) is 8.32. The summed E-state index contributed by atoms with van der Waals surface area (Å²) < 4.78 is 30.0. The molecule has 0 saturated heterocycles. The number of amides is 2. The molecule has 1 fully saturated rings. The van der Waals surface area contributed by atoms with Crippen LogP contribution in [0.4, 0.5) is 14.5 Å². The monoisotopic (exact) mass is 498 g/mol. The Morgan fingerprint density at radius 3 is 2.43 bits per heavy atom. The summed E-state index contributed by atoms with van der Waals surface area (Å²) in [5.74, 6) is -3.14. The summed E-state index contributed by atoms with van der Waals surface area (Å²) in [4.78, 5) is 27.1. The van der Waals surface area contributed by atoms with E-state index in [1.807, 2.05) is 0 Å². The van der Waals surface area contributed by atoms with Gasteiger partial charge < -0.3 is 5.32 Å². The molecule has 0 aromatic heterocycles. The van der Waals surface area contributed by atoms with Crippen LogP contribution < -0.4 is 10.2 Å². The Morgan fingerprint density at radius 1 is 1.10 bits per heavy atom. The van der Waals surface area contributed by atoms with Gasteiger partial charge in [0, 0.05) is 16.1 Å². The molecule has 30 heavy (non-hydrogen) atoms. The number of alkyl halides is 1. The first-order valence-electron chi connectivity index (χ1n) is 9.80. The maximum absolute atomic E-state index is 14.8. The van der Waals surface area contributed by atoms with Crippen LogP contribution in [-0.4, -0.2) is 23.7 Å². The second-order valence-electron chi connectivity index (χ2n) is 7.26. The van der Waals surface area contributed by atoms with Gasteiger partial charge in [-0.3, -0.25) is 14.5 Å². The third-order valence-corrected chi connectivity index (χ3v) is 5.93. The lowest BCUT2D eigenvalue weighted by Gasteiger charge is -2.33. The van der Waals surface area contributed by atoms with Crippen molar-refractivity contribution < 1.29 is 18.4 Å². The molecule has 3 rings (SSSR count). The first-order valence-corrected chi connectivity index (χ1v) is 11.1. The van der Waals surface area contributed by atoms with Gasteiger partial charge in [0.25, 0.3) is 0 Å². The fraction of sp³-hybridized carbons (Fsp3) is 0.364. The molecule has 2 aromatic rings. The van der Waals surface area contributed by atoms with Gasteiger partial charge in [0.05, 0.1) is 5.69 Å². The Hall–Kier alpha value is -1.99. The number of hydrogen-bond acceptors (Lipinski definition) is 2. The Balaban J connectivity index is 2.08. The highest BCUT2D eigenvalue weighted by Crippen LogP contribution is 2.33. The minimum atomic E-state index is -1.39. The van der Waals surface area contributed by atoms with Crippen LogP contribution in [0.3, 0.4) is 0 Å². The molecule has 1 saturated carbocycles. The van der Waals surface area contributed by atoms with Gasteiger partial charge in [0.2, 0.25) is 11.8 Å². The summed E-state index contributed by atoms with van der Waals surface area (Å²) >= 11 is 8.98. The van der Waals surface area contributed by atoms with E-state index in [0.29, 0.717) is 4.47 Å². The smallest absolute Gasteiger partial charge is 0.248 e. The van der Waals surface area contributed by atoms with Crippen LogP contribution in [0.1, 0.15) is 43.7 Å². The van der Waals surface area contributed by atoms with Crippen molar-refractivity contribution in [3.8, 4) is 0 Å². The van der Waals surface area contributed by atoms with E-state index in [1.165, 1.54) is 30.3 Å². The Bertz CT molecular complexity index is 922. The highest BCUT2D eigenvalue weighted by atomic mass is 79.9. The summed E-state index contributed by atoms with van der Waals surface area (Å²) in [7, 11) is 0. The number of anilines is 1. The lowest BCUT2D eigenvalue weighted by Crippen LogP contribution is -2.48. The van der Waals surface area contributed by atoms with Crippen molar-refractivity contribution in [2.24, 2.45) is 0 Å². The Kier molecular flexibility index (Phi) is 7.83. The average molecular weight is 500 g/mol. The molecule has 8 heteroatoms. The zero-order valence-electron chi connectivity index (χ0n) is 16.2. The number of hydrogen-bond donors (Lipinski definition) is 1. The fourth-order valence-corrected chi connectivity index (χ4v) is 4.24. The van der Waals surface area contributed by atoms with Crippen molar-refractivity contribution in [1.82, 2.24) is 5.32 Å². The van der Waals surface area contributed by atoms with Crippen molar-refractivity contribution >= 4 is 45.0 Å². The minimum absolute atomic E-state index is 0.0217. The van der Waals surface area contributed by atoms with Crippen molar-refractivity contribution in [2.45, 2.75) is 44.2 Å². The molecule has 4 nitrogen and oxygen atoms in total. The van der Waals surface area contributed by atoms with E-state index in [9.17, 15) is 18.4 Å². The predicted molar refractivity (Wildman–Crippen MR) is 116 cm³/mol. The molecule has 1 atom stereocenters. The molecule has 1 aliphatic rings. The second kappa shape index (κ2) is 10.4. The van der Waals surface area contributed by atoms with Crippen LogP contribution in [0.5, 0.6) is 0 Å². The van der Waals surface area contributed by atoms with Crippen LogP contribution >= 0.6 is 27.5 Å². The van der Waals surface area contributed by atoms with E-state index >= 15 is 0 Å². The summed E-state index contributed by atoms with van der Waals surface area (Å²) in [5.41, 5.74) is -0.164. The fourth-order valence-electron chi connectivity index (χ4n) is 3.78. The molecular formula is C22H22BrClF2N2O2. The lowest BCUT2D eigenvalue weighted by molar-refractivity contribution is -0.126. The maximum atomic E-state index is 14.8. The molecule has 160 valence electrons. The molecule has 0 heterocycles. The second-order valence-corrected chi connectivity index (χ2v) is 8.44. The number of nitrogens with zero attached hydrogens (tertiary/aromatic N) is 1. The molecule has 0 spiro atoms. The summed E-state index contributed by atoms with van der Waals surface area (Å²) in [6.07, 6.45) is 4.70. The van der Waals surface area contributed by atoms with E-state index in [1.54, 1.807) is 12.1 Å². The van der Waals surface area contributed by atoms with E-state index < -0.39 is 35.4 Å². The summed E-state index contributed by atoms with van der Waals surface area (Å²) in [5, 5.41) is 2.93. The van der Waals surface area contributed by atoms with Crippen LogP contribution in [0, 0.1) is 11.6 Å². The molecule has 1 aliphatic carbocycles. The third-order valence-electron chi connectivity index (χ3n) is 5.21. The van der Waals surface area contributed by atoms with E-state index in [4.69, 9.17) is 11.6 Å². The largest absolute Gasteiger partial charge is 0.351 e. The number of benzene rings is 2. The van der Waals surface area contributed by atoms with Crippen LogP contribution in [0.15, 0.2) is 46.9 Å². The van der Waals surface area contributed by atoms with Crippen LogP contribution in [0.2, 0.25) is 0 Å². The van der Waals surface area contributed by atoms with Crippen molar-refractivity contribution in [2.75, 3.05) is 10.8 Å². The van der Waals surface area contributed by atoms with Gasteiger partial charge in [0.1, 0.15) is 23.6 Å². The van der Waals surface area contributed by atoms with E-state index in [-0.39, 0.29) is 17.3 Å². The number of carbonyl (C=O) groups is 2. The van der Waals surface area contributed by atoms with Gasteiger partial charge in [-0.05, 0) is 37.1 Å². The van der Waals surface area contributed by atoms with Gasteiger partial charge in [-0.15, -0.1) is 11.6 Å². The first kappa shape index (κ1) is 22.7. The van der Waals surface area contributed by atoms with Crippen LogP contribution in [0.25, 0.3) is 0 Å².